The summed E-state index contributed by atoms with van der Waals surface area (Å²) in [5, 5.41) is 2.95. The van der Waals surface area contributed by atoms with E-state index < -0.39 is 16.1 Å². The minimum Gasteiger partial charge on any atom is -0.497 e. The van der Waals surface area contributed by atoms with Crippen LogP contribution in [0.3, 0.4) is 0 Å². The normalized spacial score (nSPS) is 12.1. The summed E-state index contributed by atoms with van der Waals surface area (Å²) in [7, 11) is -0.442. The van der Waals surface area contributed by atoms with Crippen molar-refractivity contribution in [2.45, 2.75) is 52.6 Å². The quantitative estimate of drug-likeness (QED) is 0.363. The van der Waals surface area contributed by atoms with Gasteiger partial charge < -0.3 is 19.7 Å². The zero-order valence-electron chi connectivity index (χ0n) is 23.3. The molecule has 0 aromatic heterocycles. The number of rotatable bonds is 15. The summed E-state index contributed by atoms with van der Waals surface area (Å²) >= 11 is 0. The topological polar surface area (TPSA) is 105 Å². The molecule has 2 rings (SSSR count). The van der Waals surface area contributed by atoms with E-state index in [1.807, 2.05) is 45.0 Å². The van der Waals surface area contributed by atoms with Crippen molar-refractivity contribution in [1.82, 2.24) is 10.2 Å². The van der Waals surface area contributed by atoms with Crippen molar-refractivity contribution in [2.24, 2.45) is 5.92 Å². The van der Waals surface area contributed by atoms with E-state index in [0.717, 1.165) is 11.8 Å². The van der Waals surface area contributed by atoms with Crippen LogP contribution in [0.2, 0.25) is 0 Å². The van der Waals surface area contributed by atoms with E-state index in [4.69, 9.17) is 9.47 Å². The SMILES string of the molecule is CCC(C(=O)NCC(C)C)N(Cc1ccc(OC)cc1)C(=O)CCCN(c1ccc(OC)cc1)S(C)(=O)=O. The first-order valence-electron chi connectivity index (χ1n) is 12.8. The van der Waals surface area contributed by atoms with Crippen LogP contribution in [0.15, 0.2) is 48.5 Å². The third kappa shape index (κ3) is 9.24. The molecule has 0 fully saturated rings. The molecule has 2 aromatic carbocycles. The van der Waals surface area contributed by atoms with Gasteiger partial charge in [0.25, 0.3) is 0 Å². The van der Waals surface area contributed by atoms with Gasteiger partial charge >= 0.3 is 0 Å². The van der Waals surface area contributed by atoms with E-state index in [-0.39, 0.29) is 37.2 Å². The summed E-state index contributed by atoms with van der Waals surface area (Å²) in [6.07, 6.45) is 1.97. The molecule has 0 saturated carbocycles. The zero-order chi connectivity index (χ0) is 28.3. The van der Waals surface area contributed by atoms with Crippen molar-refractivity contribution in [3.63, 3.8) is 0 Å². The fourth-order valence-corrected chi connectivity index (χ4v) is 4.99. The summed E-state index contributed by atoms with van der Waals surface area (Å²) in [4.78, 5) is 28.1. The molecule has 0 aliphatic rings. The van der Waals surface area contributed by atoms with E-state index >= 15 is 0 Å². The maximum Gasteiger partial charge on any atom is 0.242 e. The maximum atomic E-state index is 13.5. The number of carbonyl (C=O) groups is 2. The van der Waals surface area contributed by atoms with Crippen molar-refractivity contribution < 1.29 is 27.5 Å². The van der Waals surface area contributed by atoms with Crippen molar-refractivity contribution in [1.29, 1.82) is 0 Å². The molecule has 0 radical (unpaired) electrons. The summed E-state index contributed by atoms with van der Waals surface area (Å²) in [6, 6.07) is 13.4. The van der Waals surface area contributed by atoms with Crippen molar-refractivity contribution in [3.05, 3.63) is 54.1 Å². The molecule has 1 N–H and O–H groups in total. The predicted octanol–water partition coefficient (Wildman–Crippen LogP) is 3.83. The molecule has 1 atom stereocenters. The summed E-state index contributed by atoms with van der Waals surface area (Å²) < 4.78 is 36.7. The lowest BCUT2D eigenvalue weighted by atomic mass is 10.1. The molecular formula is C28H41N3O6S. The van der Waals surface area contributed by atoms with Crippen molar-refractivity contribution in [2.75, 3.05) is 37.9 Å². The minimum atomic E-state index is -3.57. The number of anilines is 1. The van der Waals surface area contributed by atoms with Crippen LogP contribution >= 0.6 is 0 Å². The molecule has 9 nitrogen and oxygen atoms in total. The number of hydrogen-bond acceptors (Lipinski definition) is 6. The number of nitrogens with zero attached hydrogens (tertiary/aromatic N) is 2. The van der Waals surface area contributed by atoms with Gasteiger partial charge in [-0.2, -0.15) is 0 Å². The highest BCUT2D eigenvalue weighted by Crippen LogP contribution is 2.23. The number of ether oxygens (including phenoxy) is 2. The predicted molar refractivity (Wildman–Crippen MR) is 150 cm³/mol. The third-order valence-electron chi connectivity index (χ3n) is 6.10. The number of methoxy groups -OCH3 is 2. The second-order valence-corrected chi connectivity index (χ2v) is 11.5. The Hall–Kier alpha value is -3.27. The van der Waals surface area contributed by atoms with Crippen LogP contribution in [0, 0.1) is 5.92 Å². The first kappa shape index (κ1) is 31.0. The van der Waals surface area contributed by atoms with Gasteiger partial charge in [0.2, 0.25) is 21.8 Å². The molecule has 0 heterocycles. The van der Waals surface area contributed by atoms with Crippen LogP contribution < -0.4 is 19.1 Å². The molecule has 0 aliphatic heterocycles. The smallest absolute Gasteiger partial charge is 0.242 e. The van der Waals surface area contributed by atoms with Crippen LogP contribution in [0.4, 0.5) is 5.69 Å². The molecule has 2 amide bonds. The number of hydrogen-bond donors (Lipinski definition) is 1. The van der Waals surface area contributed by atoms with Gasteiger partial charge in [0.15, 0.2) is 0 Å². The Morgan fingerprint density at radius 1 is 0.947 bits per heavy atom. The maximum absolute atomic E-state index is 13.5. The van der Waals surface area contributed by atoms with Gasteiger partial charge in [0.05, 0.1) is 26.2 Å². The summed E-state index contributed by atoms with van der Waals surface area (Å²) in [6.45, 7) is 6.80. The highest BCUT2D eigenvalue weighted by atomic mass is 32.2. The lowest BCUT2D eigenvalue weighted by Crippen LogP contribution is -2.49. The molecule has 0 spiro atoms. The van der Waals surface area contributed by atoms with Crippen molar-refractivity contribution >= 4 is 27.5 Å². The van der Waals surface area contributed by atoms with Gasteiger partial charge in [-0.3, -0.25) is 13.9 Å². The molecule has 0 saturated heterocycles. The van der Waals surface area contributed by atoms with Gasteiger partial charge in [-0.25, -0.2) is 8.42 Å². The van der Waals surface area contributed by atoms with E-state index in [9.17, 15) is 18.0 Å². The van der Waals surface area contributed by atoms with Crippen LogP contribution in [-0.4, -0.2) is 64.7 Å². The highest BCUT2D eigenvalue weighted by molar-refractivity contribution is 7.92. The second kappa shape index (κ2) is 14.6. The lowest BCUT2D eigenvalue weighted by molar-refractivity contribution is -0.141. The second-order valence-electron chi connectivity index (χ2n) is 9.57. The highest BCUT2D eigenvalue weighted by Gasteiger charge is 2.29. The first-order valence-corrected chi connectivity index (χ1v) is 14.7. The van der Waals surface area contributed by atoms with Gasteiger partial charge in [-0.1, -0.05) is 32.9 Å². The fourth-order valence-electron chi connectivity index (χ4n) is 4.02. The fraction of sp³-hybridized carbons (Fsp3) is 0.500. The molecular weight excluding hydrogens is 506 g/mol. The van der Waals surface area contributed by atoms with Crippen LogP contribution in [0.25, 0.3) is 0 Å². The molecule has 1 unspecified atom stereocenters. The Labute approximate surface area is 227 Å². The minimum absolute atomic E-state index is 0.0896. The summed E-state index contributed by atoms with van der Waals surface area (Å²) in [5.41, 5.74) is 1.36. The Balaban J connectivity index is 2.21. The molecule has 10 heteroatoms. The van der Waals surface area contributed by atoms with Gasteiger partial charge in [0, 0.05) is 26.1 Å². The molecule has 38 heavy (non-hydrogen) atoms. The van der Waals surface area contributed by atoms with E-state index in [1.165, 1.54) is 4.31 Å². The van der Waals surface area contributed by atoms with Gasteiger partial charge in [0.1, 0.15) is 17.5 Å². The third-order valence-corrected chi connectivity index (χ3v) is 7.29. The van der Waals surface area contributed by atoms with E-state index in [1.54, 1.807) is 43.4 Å². The van der Waals surface area contributed by atoms with E-state index in [0.29, 0.717) is 36.6 Å². The largest absolute Gasteiger partial charge is 0.497 e. The standard InChI is InChI=1S/C28H41N3O6S/c1-7-26(28(33)29-19-21(2)3)30(20-22-10-14-24(36-4)15-11-22)27(32)9-8-18-31(38(6,34)35)23-12-16-25(37-5)17-13-23/h10-17,21,26H,7-9,18-20H2,1-6H3,(H,29,33). The average molecular weight is 548 g/mol. The number of benzene rings is 2. The average Bonchev–Trinajstić information content (AvgIpc) is 2.89. The molecule has 2 aromatic rings. The van der Waals surface area contributed by atoms with Gasteiger partial charge in [-0.15, -0.1) is 0 Å². The first-order chi connectivity index (χ1) is 18.0. The molecule has 210 valence electrons. The Morgan fingerprint density at radius 3 is 1.97 bits per heavy atom. The molecule has 0 bridgehead atoms. The number of sulfonamides is 1. The Morgan fingerprint density at radius 2 is 1.50 bits per heavy atom. The Kier molecular flexibility index (Phi) is 11.9. The number of amides is 2. The number of nitrogens with one attached hydrogen (secondary N) is 1. The van der Waals surface area contributed by atoms with Gasteiger partial charge in [-0.05, 0) is 60.7 Å². The van der Waals surface area contributed by atoms with Crippen molar-refractivity contribution in [3.8, 4) is 11.5 Å². The zero-order valence-corrected chi connectivity index (χ0v) is 24.1. The lowest BCUT2D eigenvalue weighted by Gasteiger charge is -2.31. The van der Waals surface area contributed by atoms with E-state index in [2.05, 4.69) is 5.32 Å². The summed E-state index contributed by atoms with van der Waals surface area (Å²) in [5.74, 6) is 1.19. The monoisotopic (exact) mass is 547 g/mol. The number of carbonyl (C=O) groups excluding carboxylic acids is 2. The molecule has 0 aliphatic carbocycles. The van der Waals surface area contributed by atoms with Crippen LogP contribution in [0.1, 0.15) is 45.6 Å². The van der Waals surface area contributed by atoms with Crippen LogP contribution in [-0.2, 0) is 26.2 Å². The van der Waals surface area contributed by atoms with Crippen LogP contribution in [0.5, 0.6) is 11.5 Å². The Bertz CT molecular complexity index is 1130.